The average molecular weight is 229 g/mol. The number of nitrogens with zero attached hydrogens (tertiary/aromatic N) is 2. The van der Waals surface area contributed by atoms with Gasteiger partial charge in [-0.05, 0) is 23.3 Å². The molecule has 0 radical (unpaired) electrons. The van der Waals surface area contributed by atoms with Crippen molar-refractivity contribution in [1.82, 2.24) is 15.5 Å². The molecule has 1 aromatic heterocycles. The van der Waals surface area contributed by atoms with Crippen LogP contribution in [0.15, 0.2) is 42.6 Å². The zero-order chi connectivity index (χ0) is 11.9. The molecule has 0 amide bonds. The van der Waals surface area contributed by atoms with Crippen LogP contribution in [0.4, 0.5) is 0 Å². The molecule has 0 atom stereocenters. The summed E-state index contributed by atoms with van der Waals surface area (Å²) in [5.41, 5.74) is 3.05. The van der Waals surface area contributed by atoms with Gasteiger partial charge in [-0.25, -0.2) is 0 Å². The third-order valence-corrected chi connectivity index (χ3v) is 2.47. The first kappa shape index (κ1) is 11.7. The molecule has 17 heavy (non-hydrogen) atoms. The molecule has 1 heterocycles. The normalized spacial score (nSPS) is 10.4. The molecule has 2 rings (SSSR count). The Kier molecular flexibility index (Phi) is 4.18. The molecular weight excluding hydrogens is 214 g/mol. The highest BCUT2D eigenvalue weighted by Crippen LogP contribution is 2.04. The second-order valence-corrected chi connectivity index (χ2v) is 3.79. The number of nitrogens with one attached hydrogen (secondary N) is 1. The minimum atomic E-state index is 0.0906. The summed E-state index contributed by atoms with van der Waals surface area (Å²) in [6, 6.07) is 11.7. The first-order chi connectivity index (χ1) is 8.38. The molecule has 0 saturated carbocycles. The molecule has 4 heteroatoms. The minimum Gasteiger partial charge on any atom is -0.392 e. The van der Waals surface area contributed by atoms with Gasteiger partial charge in [0, 0.05) is 19.3 Å². The first-order valence-electron chi connectivity index (χ1n) is 5.54. The predicted molar refractivity (Wildman–Crippen MR) is 64.9 cm³/mol. The Morgan fingerprint density at radius 1 is 1.00 bits per heavy atom. The van der Waals surface area contributed by atoms with Gasteiger partial charge in [0.2, 0.25) is 0 Å². The summed E-state index contributed by atoms with van der Waals surface area (Å²) in [6.07, 6.45) is 1.66. The van der Waals surface area contributed by atoms with E-state index in [0.29, 0.717) is 6.54 Å². The Hall–Kier alpha value is -1.78. The SMILES string of the molecule is OCc1ccc(CNCc2cccnn2)cc1. The van der Waals surface area contributed by atoms with E-state index in [1.165, 1.54) is 5.56 Å². The maximum atomic E-state index is 8.92. The summed E-state index contributed by atoms with van der Waals surface area (Å²) in [5, 5.41) is 20.0. The van der Waals surface area contributed by atoms with Gasteiger partial charge in [-0.15, -0.1) is 0 Å². The third-order valence-electron chi connectivity index (χ3n) is 2.47. The van der Waals surface area contributed by atoms with Crippen molar-refractivity contribution in [1.29, 1.82) is 0 Å². The van der Waals surface area contributed by atoms with E-state index in [4.69, 9.17) is 5.11 Å². The number of aromatic nitrogens is 2. The molecule has 0 unspecified atom stereocenters. The minimum absolute atomic E-state index is 0.0906. The number of hydrogen-bond donors (Lipinski definition) is 2. The fourth-order valence-corrected chi connectivity index (χ4v) is 1.53. The average Bonchev–Trinajstić information content (AvgIpc) is 2.41. The second kappa shape index (κ2) is 6.08. The maximum Gasteiger partial charge on any atom is 0.0769 e. The monoisotopic (exact) mass is 229 g/mol. The van der Waals surface area contributed by atoms with Crippen molar-refractivity contribution >= 4 is 0 Å². The lowest BCUT2D eigenvalue weighted by molar-refractivity contribution is 0.282. The molecule has 0 aliphatic carbocycles. The summed E-state index contributed by atoms with van der Waals surface area (Å²) in [7, 11) is 0. The van der Waals surface area contributed by atoms with Crippen LogP contribution in [0.3, 0.4) is 0 Å². The molecule has 2 N–H and O–H groups in total. The van der Waals surface area contributed by atoms with Gasteiger partial charge in [-0.3, -0.25) is 0 Å². The number of hydrogen-bond acceptors (Lipinski definition) is 4. The zero-order valence-corrected chi connectivity index (χ0v) is 9.50. The Bertz CT molecular complexity index is 442. The summed E-state index contributed by atoms with van der Waals surface area (Å²) in [6.45, 7) is 1.57. The van der Waals surface area contributed by atoms with Gasteiger partial charge in [0.1, 0.15) is 0 Å². The van der Waals surface area contributed by atoms with Crippen molar-refractivity contribution in [2.45, 2.75) is 19.7 Å². The molecule has 88 valence electrons. The number of aliphatic hydroxyl groups excluding tert-OH is 1. The van der Waals surface area contributed by atoms with Crippen molar-refractivity contribution in [3.63, 3.8) is 0 Å². The van der Waals surface area contributed by atoms with Crippen molar-refractivity contribution in [2.75, 3.05) is 0 Å². The van der Waals surface area contributed by atoms with Crippen LogP contribution in [0.25, 0.3) is 0 Å². The molecule has 4 nitrogen and oxygen atoms in total. The summed E-state index contributed by atoms with van der Waals surface area (Å²) >= 11 is 0. The lowest BCUT2D eigenvalue weighted by Gasteiger charge is -2.04. The number of rotatable bonds is 5. The van der Waals surface area contributed by atoms with Crippen molar-refractivity contribution in [2.24, 2.45) is 0 Å². The molecule has 0 saturated heterocycles. The van der Waals surface area contributed by atoms with Crippen LogP contribution < -0.4 is 5.32 Å². The smallest absolute Gasteiger partial charge is 0.0769 e. The van der Waals surface area contributed by atoms with E-state index in [2.05, 4.69) is 15.5 Å². The van der Waals surface area contributed by atoms with Gasteiger partial charge >= 0.3 is 0 Å². The lowest BCUT2D eigenvalue weighted by Crippen LogP contribution is -2.13. The highest BCUT2D eigenvalue weighted by atomic mass is 16.3. The van der Waals surface area contributed by atoms with Crippen LogP contribution in [-0.4, -0.2) is 15.3 Å². The van der Waals surface area contributed by atoms with E-state index >= 15 is 0 Å². The number of benzene rings is 1. The third kappa shape index (κ3) is 3.62. The van der Waals surface area contributed by atoms with E-state index in [1.54, 1.807) is 6.20 Å². The molecule has 1 aromatic carbocycles. The molecule has 0 spiro atoms. The fourth-order valence-electron chi connectivity index (χ4n) is 1.53. The van der Waals surface area contributed by atoms with Gasteiger partial charge in [-0.2, -0.15) is 10.2 Å². The van der Waals surface area contributed by atoms with Gasteiger partial charge < -0.3 is 10.4 Å². The van der Waals surface area contributed by atoms with Crippen LogP contribution in [-0.2, 0) is 19.7 Å². The molecule has 0 aliphatic rings. The van der Waals surface area contributed by atoms with E-state index in [9.17, 15) is 0 Å². The maximum absolute atomic E-state index is 8.92. The van der Waals surface area contributed by atoms with Gasteiger partial charge in [-0.1, -0.05) is 24.3 Å². The van der Waals surface area contributed by atoms with Crippen LogP contribution in [0.2, 0.25) is 0 Å². The van der Waals surface area contributed by atoms with Gasteiger partial charge in [0.15, 0.2) is 0 Å². The van der Waals surface area contributed by atoms with Crippen LogP contribution in [0.1, 0.15) is 16.8 Å². The number of aliphatic hydroxyl groups is 1. The molecule has 2 aromatic rings. The molecule has 0 fully saturated rings. The Morgan fingerprint density at radius 3 is 2.41 bits per heavy atom. The van der Waals surface area contributed by atoms with Crippen LogP contribution >= 0.6 is 0 Å². The summed E-state index contributed by atoms with van der Waals surface area (Å²) < 4.78 is 0. The van der Waals surface area contributed by atoms with E-state index in [-0.39, 0.29) is 6.61 Å². The Balaban J connectivity index is 1.82. The zero-order valence-electron chi connectivity index (χ0n) is 9.50. The van der Waals surface area contributed by atoms with Gasteiger partial charge in [0.05, 0.1) is 12.3 Å². The molecule has 0 aliphatic heterocycles. The Morgan fingerprint density at radius 2 is 1.76 bits per heavy atom. The van der Waals surface area contributed by atoms with Crippen molar-refractivity contribution in [3.8, 4) is 0 Å². The summed E-state index contributed by atoms with van der Waals surface area (Å²) in [4.78, 5) is 0. The first-order valence-corrected chi connectivity index (χ1v) is 5.54. The molecule has 0 bridgehead atoms. The predicted octanol–water partition coefficient (Wildman–Crippen LogP) is 1.26. The van der Waals surface area contributed by atoms with Crippen molar-refractivity contribution in [3.05, 3.63) is 59.4 Å². The topological polar surface area (TPSA) is 58.0 Å². The largest absolute Gasteiger partial charge is 0.392 e. The highest BCUT2D eigenvalue weighted by Gasteiger charge is 1.95. The van der Waals surface area contributed by atoms with E-state index < -0.39 is 0 Å². The Labute approximate surface area is 100 Å². The van der Waals surface area contributed by atoms with E-state index in [1.807, 2.05) is 36.4 Å². The standard InChI is InChI=1S/C13H15N3O/c17-10-12-5-3-11(4-6-12)8-14-9-13-2-1-7-15-16-13/h1-7,14,17H,8-10H2. The molecular formula is C13H15N3O. The lowest BCUT2D eigenvalue weighted by atomic mass is 10.1. The summed E-state index contributed by atoms with van der Waals surface area (Å²) in [5.74, 6) is 0. The fraction of sp³-hybridized carbons (Fsp3) is 0.231. The quantitative estimate of drug-likeness (QED) is 0.810. The highest BCUT2D eigenvalue weighted by molar-refractivity contribution is 5.21. The van der Waals surface area contributed by atoms with Crippen molar-refractivity contribution < 1.29 is 5.11 Å². The van der Waals surface area contributed by atoms with Gasteiger partial charge in [0.25, 0.3) is 0 Å². The van der Waals surface area contributed by atoms with Crippen LogP contribution in [0, 0.1) is 0 Å². The second-order valence-electron chi connectivity index (χ2n) is 3.79. The van der Waals surface area contributed by atoms with Crippen LogP contribution in [0.5, 0.6) is 0 Å². The van der Waals surface area contributed by atoms with E-state index in [0.717, 1.165) is 17.8 Å².